The van der Waals surface area contributed by atoms with Gasteiger partial charge in [0.2, 0.25) is 9.05 Å². The van der Waals surface area contributed by atoms with Gasteiger partial charge in [-0.05, 0) is 30.2 Å². The van der Waals surface area contributed by atoms with Crippen LogP contribution in [0.1, 0.15) is 11.1 Å². The zero-order valence-electron chi connectivity index (χ0n) is 7.29. The molecule has 14 heavy (non-hydrogen) atoms. The lowest BCUT2D eigenvalue weighted by molar-refractivity contribution is 0.431. The quantitative estimate of drug-likeness (QED) is 0.801. The average molecular weight is 239 g/mol. The summed E-state index contributed by atoms with van der Waals surface area (Å²) < 4.78 is 34.3. The molecule has 0 atom stereocenters. The molecule has 0 aliphatic heterocycles. The van der Waals surface area contributed by atoms with Crippen LogP contribution >= 0.6 is 10.7 Å². The summed E-state index contributed by atoms with van der Waals surface area (Å²) in [5.41, 5.74) is 0.725. The molecular weight excluding hydrogens is 231 g/mol. The van der Waals surface area contributed by atoms with E-state index in [-0.39, 0.29) is 5.56 Å². The molecule has 1 aromatic rings. The molecule has 0 aliphatic rings. The van der Waals surface area contributed by atoms with E-state index in [0.717, 1.165) is 12.1 Å². The lowest BCUT2D eigenvalue weighted by atomic mass is 10.1. The minimum atomic E-state index is -3.71. The average Bonchev–Trinajstić information content (AvgIpc) is 1.97. The van der Waals surface area contributed by atoms with Gasteiger partial charge in [-0.1, -0.05) is 0 Å². The van der Waals surface area contributed by atoms with Crippen molar-refractivity contribution in [3.05, 3.63) is 29.1 Å². The normalized spacial score (nSPS) is 11.6. The molecule has 1 rings (SSSR count). The number of aromatic hydroxyl groups is 1. The van der Waals surface area contributed by atoms with Gasteiger partial charge in [0.05, 0.1) is 5.75 Å². The number of hydrogen-bond acceptors (Lipinski definition) is 3. The molecule has 3 nitrogen and oxygen atoms in total. The van der Waals surface area contributed by atoms with E-state index in [1.54, 1.807) is 6.92 Å². The highest BCUT2D eigenvalue weighted by atomic mass is 35.7. The van der Waals surface area contributed by atoms with Crippen LogP contribution < -0.4 is 0 Å². The Labute approximate surface area is 85.6 Å². The molecule has 0 saturated carbocycles. The van der Waals surface area contributed by atoms with Crippen LogP contribution in [0.3, 0.4) is 0 Å². The number of hydrogen-bond donors (Lipinski definition) is 1. The fourth-order valence-corrected chi connectivity index (χ4v) is 2.08. The summed E-state index contributed by atoms with van der Waals surface area (Å²) in [5, 5.41) is 8.97. The Kier molecular flexibility index (Phi) is 3.01. The molecule has 0 fully saturated rings. The maximum atomic E-state index is 12.8. The molecule has 0 aliphatic carbocycles. The second kappa shape index (κ2) is 3.74. The fourth-order valence-electron chi connectivity index (χ4n) is 1.05. The Bertz CT molecular complexity index is 456. The summed E-state index contributed by atoms with van der Waals surface area (Å²) in [6.07, 6.45) is 0. The second-order valence-corrected chi connectivity index (χ2v) is 5.69. The second-order valence-electron chi connectivity index (χ2n) is 2.91. The summed E-state index contributed by atoms with van der Waals surface area (Å²) in [4.78, 5) is 0. The lowest BCUT2D eigenvalue weighted by Gasteiger charge is -2.04. The first kappa shape index (κ1) is 11.3. The maximum absolute atomic E-state index is 12.8. The van der Waals surface area contributed by atoms with Crippen LogP contribution in [0, 0.1) is 12.7 Å². The predicted octanol–water partition coefficient (Wildman–Crippen LogP) is 1.91. The predicted molar refractivity (Wildman–Crippen MR) is 51.3 cm³/mol. The smallest absolute Gasteiger partial charge is 0.236 e. The molecule has 6 heteroatoms. The first-order chi connectivity index (χ1) is 6.29. The highest BCUT2D eigenvalue weighted by molar-refractivity contribution is 8.13. The van der Waals surface area contributed by atoms with Crippen molar-refractivity contribution in [3.8, 4) is 5.75 Å². The van der Waals surface area contributed by atoms with E-state index < -0.39 is 26.4 Å². The summed E-state index contributed by atoms with van der Waals surface area (Å²) in [6.45, 7) is 1.57. The summed E-state index contributed by atoms with van der Waals surface area (Å²) >= 11 is 0. The summed E-state index contributed by atoms with van der Waals surface area (Å²) in [7, 11) is 1.31. The molecule has 0 amide bonds. The minimum absolute atomic E-state index is 0.246. The standard InChI is InChI=1S/C8H8ClFO3S/c1-5-2-8(11)7(10)3-6(5)4-14(9,12)13/h2-3,11H,4H2,1H3. The molecule has 78 valence electrons. The molecule has 1 aromatic carbocycles. The van der Waals surface area contributed by atoms with E-state index in [4.69, 9.17) is 15.8 Å². The molecule has 0 aromatic heterocycles. The lowest BCUT2D eigenvalue weighted by Crippen LogP contribution is -1.98. The highest BCUT2D eigenvalue weighted by Crippen LogP contribution is 2.22. The van der Waals surface area contributed by atoms with Gasteiger partial charge in [-0.3, -0.25) is 0 Å². The van der Waals surface area contributed by atoms with Crippen molar-refractivity contribution in [2.75, 3.05) is 0 Å². The number of phenolic OH excluding ortho intramolecular Hbond substituents is 1. The van der Waals surface area contributed by atoms with Gasteiger partial charge >= 0.3 is 0 Å². The van der Waals surface area contributed by atoms with E-state index in [0.29, 0.717) is 5.56 Å². The Morgan fingerprint density at radius 1 is 1.50 bits per heavy atom. The third kappa shape index (κ3) is 2.85. The monoisotopic (exact) mass is 238 g/mol. The Balaban J connectivity index is 3.17. The fraction of sp³-hybridized carbons (Fsp3) is 0.250. The van der Waals surface area contributed by atoms with E-state index >= 15 is 0 Å². The number of halogens is 2. The molecule has 0 spiro atoms. The van der Waals surface area contributed by atoms with Crippen molar-refractivity contribution < 1.29 is 17.9 Å². The molecule has 1 N–H and O–H groups in total. The van der Waals surface area contributed by atoms with E-state index in [2.05, 4.69) is 0 Å². The van der Waals surface area contributed by atoms with Crippen LogP contribution in [-0.4, -0.2) is 13.5 Å². The molecule has 0 radical (unpaired) electrons. The Hall–Kier alpha value is -0.810. The zero-order chi connectivity index (χ0) is 10.9. The minimum Gasteiger partial charge on any atom is -0.505 e. The summed E-state index contributed by atoms with van der Waals surface area (Å²) in [5.74, 6) is -1.80. The van der Waals surface area contributed by atoms with Gasteiger partial charge in [0, 0.05) is 10.7 Å². The van der Waals surface area contributed by atoms with Gasteiger partial charge < -0.3 is 5.11 Å². The van der Waals surface area contributed by atoms with Crippen molar-refractivity contribution in [3.63, 3.8) is 0 Å². The van der Waals surface area contributed by atoms with Gasteiger partial charge in [0.25, 0.3) is 0 Å². The molecular formula is C8H8ClFO3S. The molecule has 0 heterocycles. The molecule has 0 saturated heterocycles. The van der Waals surface area contributed by atoms with Gasteiger partial charge in [-0.15, -0.1) is 0 Å². The molecule has 0 unspecified atom stereocenters. The molecule has 0 bridgehead atoms. The van der Waals surface area contributed by atoms with Gasteiger partial charge in [-0.25, -0.2) is 12.8 Å². The number of phenols is 1. The first-order valence-corrected chi connectivity index (χ1v) is 6.18. The van der Waals surface area contributed by atoms with Crippen LogP contribution in [0.25, 0.3) is 0 Å². The number of aryl methyl sites for hydroxylation is 1. The topological polar surface area (TPSA) is 54.4 Å². The van der Waals surface area contributed by atoms with Crippen LogP contribution in [0.5, 0.6) is 5.75 Å². The van der Waals surface area contributed by atoms with Crippen molar-refractivity contribution in [2.24, 2.45) is 0 Å². The first-order valence-electron chi connectivity index (χ1n) is 3.70. The summed E-state index contributed by atoms with van der Waals surface area (Å²) in [6, 6.07) is 2.12. The van der Waals surface area contributed by atoms with Crippen molar-refractivity contribution >= 4 is 19.7 Å². The van der Waals surface area contributed by atoms with Crippen LogP contribution in [0.4, 0.5) is 4.39 Å². The van der Waals surface area contributed by atoms with E-state index in [1.807, 2.05) is 0 Å². The highest BCUT2D eigenvalue weighted by Gasteiger charge is 2.12. The van der Waals surface area contributed by atoms with E-state index in [9.17, 15) is 12.8 Å². The van der Waals surface area contributed by atoms with Crippen molar-refractivity contribution in [1.82, 2.24) is 0 Å². The Morgan fingerprint density at radius 2 is 2.07 bits per heavy atom. The van der Waals surface area contributed by atoms with Crippen molar-refractivity contribution in [2.45, 2.75) is 12.7 Å². The van der Waals surface area contributed by atoms with Gasteiger partial charge in [0.1, 0.15) is 0 Å². The van der Waals surface area contributed by atoms with Crippen molar-refractivity contribution in [1.29, 1.82) is 0 Å². The number of benzene rings is 1. The van der Waals surface area contributed by atoms with Crippen LogP contribution in [-0.2, 0) is 14.8 Å². The van der Waals surface area contributed by atoms with Gasteiger partial charge in [0.15, 0.2) is 11.6 Å². The third-order valence-corrected chi connectivity index (χ3v) is 2.72. The third-order valence-electron chi connectivity index (χ3n) is 1.73. The van der Waals surface area contributed by atoms with Gasteiger partial charge in [-0.2, -0.15) is 0 Å². The maximum Gasteiger partial charge on any atom is 0.236 e. The zero-order valence-corrected chi connectivity index (χ0v) is 8.86. The van der Waals surface area contributed by atoms with E-state index in [1.165, 1.54) is 0 Å². The number of rotatable bonds is 2. The van der Waals surface area contributed by atoms with Crippen LogP contribution in [0.2, 0.25) is 0 Å². The Morgan fingerprint density at radius 3 is 2.57 bits per heavy atom. The largest absolute Gasteiger partial charge is 0.505 e. The SMILES string of the molecule is Cc1cc(O)c(F)cc1CS(=O)(=O)Cl. The van der Waals surface area contributed by atoms with Crippen LogP contribution in [0.15, 0.2) is 12.1 Å².